The number of nitriles is 1. The first-order valence-corrected chi connectivity index (χ1v) is 11.5. The van der Waals surface area contributed by atoms with Crippen LogP contribution in [0.5, 0.6) is 0 Å². The molecule has 9 heteroatoms. The van der Waals surface area contributed by atoms with Crippen LogP contribution in [0.25, 0.3) is 11.5 Å². The molecule has 178 valence electrons. The fourth-order valence-electron chi connectivity index (χ4n) is 2.93. The molecule has 0 aliphatic heterocycles. The maximum absolute atomic E-state index is 12.7. The second-order valence-electron chi connectivity index (χ2n) is 8.22. The van der Waals surface area contributed by atoms with E-state index in [0.29, 0.717) is 16.9 Å². The lowest BCUT2D eigenvalue weighted by atomic mass is 9.94. The summed E-state index contributed by atoms with van der Waals surface area (Å²) in [4.78, 5) is 38.7. The number of hydrogen-bond acceptors (Lipinski definition) is 7. The lowest BCUT2D eigenvalue weighted by Gasteiger charge is -2.26. The fourth-order valence-corrected chi connectivity index (χ4v) is 3.91. The van der Waals surface area contributed by atoms with E-state index in [1.807, 2.05) is 45.0 Å². The molecule has 0 aliphatic rings. The van der Waals surface area contributed by atoms with Crippen molar-refractivity contribution in [2.45, 2.75) is 41.2 Å². The van der Waals surface area contributed by atoms with Gasteiger partial charge in [0, 0.05) is 36.6 Å². The van der Waals surface area contributed by atoms with Gasteiger partial charge in [-0.3, -0.25) is 14.2 Å². The molecule has 0 aliphatic carbocycles. The van der Waals surface area contributed by atoms with Gasteiger partial charge in [0.15, 0.2) is 5.57 Å². The summed E-state index contributed by atoms with van der Waals surface area (Å²) in [6.45, 7) is 9.48. The number of nitrogens with one attached hydrogen (secondary N) is 1. The van der Waals surface area contributed by atoms with Crippen LogP contribution in [0.15, 0.2) is 40.8 Å². The highest BCUT2D eigenvalue weighted by molar-refractivity contribution is 7.07. The molecule has 34 heavy (non-hydrogen) atoms. The number of ether oxygens (including phenoxy) is 1. The SMILES string of the molecule is CCOC(=O)C(=C=c1sc(=C=CNc2cccc(N(C)C(=O)C(C)(C)C)c2)c(=O)n1CC)C#N. The van der Waals surface area contributed by atoms with E-state index in [2.05, 4.69) is 16.8 Å². The lowest BCUT2D eigenvalue weighted by Crippen LogP contribution is -2.36. The molecule has 1 amide bonds. The average molecular weight is 481 g/mol. The van der Waals surface area contributed by atoms with Crippen molar-refractivity contribution >= 4 is 46.1 Å². The van der Waals surface area contributed by atoms with Gasteiger partial charge in [0.2, 0.25) is 5.91 Å². The van der Waals surface area contributed by atoms with Crippen LogP contribution in [0.4, 0.5) is 11.4 Å². The van der Waals surface area contributed by atoms with Gasteiger partial charge in [0.05, 0.1) is 6.61 Å². The molecule has 0 fully saturated rings. The first-order chi connectivity index (χ1) is 16.0. The highest BCUT2D eigenvalue weighted by atomic mass is 32.1. The van der Waals surface area contributed by atoms with E-state index in [1.165, 1.54) is 10.8 Å². The Morgan fingerprint density at radius 2 is 2.00 bits per heavy atom. The Morgan fingerprint density at radius 3 is 2.59 bits per heavy atom. The molecule has 0 atom stereocenters. The second-order valence-corrected chi connectivity index (χ2v) is 9.21. The van der Waals surface area contributed by atoms with Crippen molar-refractivity contribution in [3.05, 3.63) is 55.6 Å². The summed E-state index contributed by atoms with van der Waals surface area (Å²) in [6, 6.07) is 9.08. The lowest BCUT2D eigenvalue weighted by molar-refractivity contribution is -0.137. The van der Waals surface area contributed by atoms with Crippen LogP contribution in [0.1, 0.15) is 34.6 Å². The van der Waals surface area contributed by atoms with Crippen LogP contribution < -0.4 is 25.0 Å². The molecule has 2 aromatic rings. The van der Waals surface area contributed by atoms with Crippen molar-refractivity contribution in [2.24, 2.45) is 5.41 Å². The molecule has 0 bridgehead atoms. The van der Waals surface area contributed by atoms with Gasteiger partial charge in [-0.15, -0.1) is 0 Å². The Kier molecular flexibility index (Phi) is 8.83. The monoisotopic (exact) mass is 480 g/mol. The standard InChI is InChI=1S/C25H28N4O4S/c1-7-29-21(14-17(16-26)23(31)33-8-2)34-20(22(29)30)12-13-27-18-10-9-11-19(15-18)28(6)24(32)25(3,4)5/h9-11,13,15,27H,7-8H2,1-6H3. The Morgan fingerprint density at radius 1 is 1.29 bits per heavy atom. The number of anilines is 2. The summed E-state index contributed by atoms with van der Waals surface area (Å²) in [5.74, 6) is -0.798. The number of thiazole rings is 1. The number of amides is 1. The van der Waals surface area contributed by atoms with Crippen molar-refractivity contribution < 1.29 is 14.3 Å². The highest BCUT2D eigenvalue weighted by Gasteiger charge is 2.25. The number of aromatic nitrogens is 1. The maximum atomic E-state index is 12.7. The average Bonchev–Trinajstić information content (AvgIpc) is 3.10. The molecule has 8 nitrogen and oxygen atoms in total. The molecule has 0 saturated heterocycles. The van der Waals surface area contributed by atoms with Gasteiger partial charge in [-0.25, -0.2) is 4.79 Å². The predicted octanol–water partition coefficient (Wildman–Crippen LogP) is 2.34. The zero-order valence-corrected chi connectivity index (χ0v) is 21.0. The molecule has 1 heterocycles. The molecule has 2 rings (SSSR count). The van der Waals surface area contributed by atoms with Gasteiger partial charge in [0.25, 0.3) is 5.56 Å². The summed E-state index contributed by atoms with van der Waals surface area (Å²) in [5, 5.41) is 12.3. The highest BCUT2D eigenvalue weighted by Crippen LogP contribution is 2.24. The van der Waals surface area contributed by atoms with Crippen molar-refractivity contribution in [3.63, 3.8) is 0 Å². The second kappa shape index (κ2) is 11.4. The third kappa shape index (κ3) is 6.37. The van der Waals surface area contributed by atoms with E-state index in [1.54, 1.807) is 31.9 Å². The van der Waals surface area contributed by atoms with Gasteiger partial charge in [-0.1, -0.05) is 49.6 Å². The minimum Gasteiger partial charge on any atom is -0.461 e. The Balaban J connectivity index is 2.47. The number of benzene rings is 1. The first kappa shape index (κ1) is 26.4. The van der Waals surface area contributed by atoms with E-state index in [9.17, 15) is 19.6 Å². The predicted molar refractivity (Wildman–Crippen MR) is 134 cm³/mol. The Bertz CT molecular complexity index is 1380. The molecule has 0 spiro atoms. The van der Waals surface area contributed by atoms with Gasteiger partial charge in [0.1, 0.15) is 15.3 Å². The van der Waals surface area contributed by atoms with Crippen LogP contribution in [0.2, 0.25) is 0 Å². The minimum absolute atomic E-state index is 0.0122. The summed E-state index contributed by atoms with van der Waals surface area (Å²) < 4.78 is 6.88. The largest absolute Gasteiger partial charge is 0.461 e. The molecule has 0 unspecified atom stereocenters. The number of carbonyl (C=O) groups excluding carboxylic acids is 2. The zero-order valence-electron chi connectivity index (χ0n) is 20.2. The summed E-state index contributed by atoms with van der Waals surface area (Å²) >= 11 is 1.06. The molecule has 0 saturated carbocycles. The smallest absolute Gasteiger partial charge is 0.357 e. The summed E-state index contributed by atoms with van der Waals surface area (Å²) in [6.07, 6.45) is 1.50. The molecular formula is C25H28N4O4S. The normalized spacial score (nSPS) is 10.4. The Labute approximate surface area is 202 Å². The summed E-state index contributed by atoms with van der Waals surface area (Å²) in [7, 11) is 1.73. The van der Waals surface area contributed by atoms with E-state index >= 15 is 0 Å². The molecule has 1 aromatic heterocycles. The van der Waals surface area contributed by atoms with Crippen molar-refractivity contribution in [1.29, 1.82) is 5.26 Å². The van der Waals surface area contributed by atoms with E-state index in [4.69, 9.17) is 4.74 Å². The van der Waals surface area contributed by atoms with E-state index in [0.717, 1.165) is 17.0 Å². The van der Waals surface area contributed by atoms with Crippen LogP contribution in [0, 0.1) is 16.7 Å². The molecule has 0 radical (unpaired) electrons. The molecular weight excluding hydrogens is 452 g/mol. The van der Waals surface area contributed by atoms with Crippen molar-refractivity contribution in [2.75, 3.05) is 23.9 Å². The van der Waals surface area contributed by atoms with E-state index < -0.39 is 11.4 Å². The van der Waals surface area contributed by atoms with Gasteiger partial charge in [-0.2, -0.15) is 5.26 Å². The topological polar surface area (TPSA) is 104 Å². The van der Waals surface area contributed by atoms with Crippen LogP contribution in [-0.4, -0.2) is 30.1 Å². The first-order valence-electron chi connectivity index (χ1n) is 10.7. The van der Waals surface area contributed by atoms with Crippen molar-refractivity contribution in [3.8, 4) is 6.07 Å². The van der Waals surface area contributed by atoms with Crippen LogP contribution >= 0.6 is 11.3 Å². The zero-order chi connectivity index (χ0) is 25.5. The fraction of sp³-hybridized carbons (Fsp3) is 0.360. The van der Waals surface area contributed by atoms with Gasteiger partial charge < -0.3 is 15.0 Å². The quantitative estimate of drug-likeness (QED) is 0.387. The number of hydrogen-bond donors (Lipinski definition) is 1. The van der Waals surface area contributed by atoms with Crippen LogP contribution in [-0.2, 0) is 20.9 Å². The number of nitrogens with zero attached hydrogens (tertiary/aromatic N) is 3. The number of esters is 1. The van der Waals surface area contributed by atoms with Gasteiger partial charge >= 0.3 is 5.97 Å². The Hall–Kier alpha value is -3.82. The maximum Gasteiger partial charge on any atom is 0.357 e. The van der Waals surface area contributed by atoms with E-state index in [-0.39, 0.29) is 28.2 Å². The minimum atomic E-state index is -0.786. The molecule has 1 N–H and O–H groups in total. The number of carbonyl (C=O) groups is 2. The van der Waals surface area contributed by atoms with Crippen LogP contribution in [0.3, 0.4) is 0 Å². The third-order valence-corrected chi connectivity index (χ3v) is 5.66. The third-order valence-electron chi connectivity index (χ3n) is 4.64. The van der Waals surface area contributed by atoms with Crippen molar-refractivity contribution in [1.82, 2.24) is 4.57 Å². The number of rotatable bonds is 6. The van der Waals surface area contributed by atoms with Gasteiger partial charge in [-0.05, 0) is 32.0 Å². The summed E-state index contributed by atoms with van der Waals surface area (Å²) in [5.41, 5.74) is 5.94. The molecule has 1 aromatic carbocycles.